The van der Waals surface area contributed by atoms with Crippen LogP contribution in [-0.2, 0) is 11.5 Å². The monoisotopic (exact) mass is 590 g/mol. The number of pyridine rings is 1. The highest BCUT2D eigenvalue weighted by Crippen LogP contribution is 2.39. The Hall–Kier alpha value is -5.42. The summed E-state index contributed by atoms with van der Waals surface area (Å²) in [5.41, 5.74) is 4.04. The molecular formula is C33H27FN6O4. The number of aromatic nitrogens is 5. The van der Waals surface area contributed by atoms with Gasteiger partial charge in [0.1, 0.15) is 18.7 Å². The summed E-state index contributed by atoms with van der Waals surface area (Å²) in [6, 6.07) is 18.1. The van der Waals surface area contributed by atoms with Crippen LogP contribution in [0.3, 0.4) is 0 Å². The molecule has 0 N–H and O–H groups in total. The summed E-state index contributed by atoms with van der Waals surface area (Å²) in [5.74, 6) is -1.28. The van der Waals surface area contributed by atoms with Gasteiger partial charge in [0.15, 0.2) is 11.6 Å². The first-order chi connectivity index (χ1) is 21.4. The van der Waals surface area contributed by atoms with Crippen molar-refractivity contribution in [2.45, 2.75) is 33.1 Å². The molecular weight excluding hydrogens is 563 g/mol. The number of nitrogens with zero attached hydrogens (tertiary/aromatic N) is 6. The van der Waals surface area contributed by atoms with E-state index < -0.39 is 23.7 Å². The molecule has 10 nitrogen and oxygen atoms in total. The molecule has 7 rings (SSSR count). The molecule has 6 aromatic rings. The first kappa shape index (κ1) is 27.4. The lowest BCUT2D eigenvalue weighted by molar-refractivity contribution is 0.0800. The molecule has 0 bridgehead atoms. The average Bonchev–Trinajstić information content (AvgIpc) is 3.76. The molecule has 1 aliphatic heterocycles. The van der Waals surface area contributed by atoms with Gasteiger partial charge < -0.3 is 14.0 Å². The molecule has 11 heteroatoms. The van der Waals surface area contributed by atoms with Gasteiger partial charge in [0.25, 0.3) is 11.8 Å². The molecule has 2 amide bonds. The number of hydrogen-bond donors (Lipinski definition) is 0. The highest BCUT2D eigenvalue weighted by molar-refractivity contribution is 6.34. The fourth-order valence-corrected chi connectivity index (χ4v) is 5.46. The Kier molecular flexibility index (Phi) is 6.86. The van der Waals surface area contributed by atoms with E-state index in [2.05, 4.69) is 15.1 Å². The Morgan fingerprint density at radius 2 is 1.75 bits per heavy atom. The lowest BCUT2D eigenvalue weighted by Gasteiger charge is -2.23. The van der Waals surface area contributed by atoms with Crippen molar-refractivity contribution >= 4 is 39.6 Å². The Balaban J connectivity index is 1.34. The van der Waals surface area contributed by atoms with Crippen molar-refractivity contribution in [3.05, 3.63) is 108 Å². The first-order valence-corrected chi connectivity index (χ1v) is 14.2. The largest absolute Gasteiger partial charge is 0.482 e. The van der Waals surface area contributed by atoms with Gasteiger partial charge in [-0.15, -0.1) is 0 Å². The zero-order chi connectivity index (χ0) is 30.4. The lowest BCUT2D eigenvalue weighted by Crippen LogP contribution is -2.31. The van der Waals surface area contributed by atoms with Crippen molar-refractivity contribution in [1.82, 2.24) is 24.3 Å². The van der Waals surface area contributed by atoms with Crippen LogP contribution in [0.4, 0.5) is 10.2 Å². The van der Waals surface area contributed by atoms with Gasteiger partial charge in [-0.2, -0.15) is 5.10 Å². The van der Waals surface area contributed by atoms with E-state index >= 15 is 0 Å². The highest BCUT2D eigenvalue weighted by atomic mass is 19.1. The predicted octanol–water partition coefficient (Wildman–Crippen LogP) is 6.23. The number of carbonyl (C=O) groups is 2. The molecule has 0 saturated heterocycles. The van der Waals surface area contributed by atoms with E-state index in [0.717, 1.165) is 33.6 Å². The van der Waals surface area contributed by atoms with Crippen molar-refractivity contribution in [2.75, 3.05) is 11.5 Å². The number of benzene rings is 3. The van der Waals surface area contributed by atoms with Crippen LogP contribution >= 0.6 is 0 Å². The summed E-state index contributed by atoms with van der Waals surface area (Å²) in [7, 11) is 0. The molecule has 3 aromatic carbocycles. The third kappa shape index (κ3) is 4.67. The summed E-state index contributed by atoms with van der Waals surface area (Å²) in [4.78, 5) is 37.2. The van der Waals surface area contributed by atoms with Crippen molar-refractivity contribution in [1.29, 1.82) is 0 Å². The number of carbonyl (C=O) groups excluding carboxylic acids is 2. The summed E-state index contributed by atoms with van der Waals surface area (Å²) < 4.78 is 30.2. The van der Waals surface area contributed by atoms with E-state index in [9.17, 15) is 14.0 Å². The van der Waals surface area contributed by atoms with Crippen LogP contribution in [-0.4, -0.2) is 42.7 Å². The molecule has 0 saturated carbocycles. The van der Waals surface area contributed by atoms with Crippen molar-refractivity contribution in [2.24, 2.45) is 0 Å². The van der Waals surface area contributed by atoms with Crippen LogP contribution < -0.4 is 9.64 Å². The van der Waals surface area contributed by atoms with Gasteiger partial charge in [0.2, 0.25) is 0 Å². The second-order valence-corrected chi connectivity index (χ2v) is 10.5. The molecule has 4 heterocycles. The number of anilines is 1. The van der Waals surface area contributed by atoms with Crippen LogP contribution in [0.1, 0.15) is 52.7 Å². The number of ether oxygens (including phenoxy) is 2. The van der Waals surface area contributed by atoms with Gasteiger partial charge in [-0.1, -0.05) is 19.1 Å². The number of amides is 2. The Morgan fingerprint density at radius 1 is 0.955 bits per heavy atom. The van der Waals surface area contributed by atoms with E-state index in [4.69, 9.17) is 9.47 Å². The number of rotatable bonds is 9. The third-order valence-corrected chi connectivity index (χ3v) is 7.57. The Morgan fingerprint density at radius 3 is 2.48 bits per heavy atom. The second kappa shape index (κ2) is 11.0. The maximum Gasteiger partial charge on any atom is 0.267 e. The minimum Gasteiger partial charge on any atom is -0.482 e. The molecule has 0 aliphatic carbocycles. The quantitative estimate of drug-likeness (QED) is 0.145. The molecule has 220 valence electrons. The molecule has 0 radical (unpaired) electrons. The first-order valence-electron chi connectivity index (χ1n) is 14.2. The fourth-order valence-electron chi connectivity index (χ4n) is 5.46. The van der Waals surface area contributed by atoms with E-state index in [1.165, 1.54) is 18.2 Å². The fraction of sp³-hybridized carbons (Fsp3) is 0.182. The minimum atomic E-state index is -0.639. The third-order valence-electron chi connectivity index (χ3n) is 7.57. The summed E-state index contributed by atoms with van der Waals surface area (Å²) in [6.45, 7) is 4.86. The van der Waals surface area contributed by atoms with Crippen molar-refractivity contribution in [3.63, 3.8) is 0 Å². The zero-order valence-corrected chi connectivity index (χ0v) is 24.0. The van der Waals surface area contributed by atoms with Crippen LogP contribution in [0, 0.1) is 5.82 Å². The average molecular weight is 591 g/mol. The Bertz CT molecular complexity index is 2020. The molecule has 0 fully saturated rings. The molecule has 1 atom stereocenters. The SMILES string of the molecule is CCCOCn1cnc2cc(-n3cccn3)c(C(C)Oc3cc4cc(F)ccc4nc3N3C(=O)c4ccccc4C3=O)cc21. The van der Waals surface area contributed by atoms with Crippen molar-refractivity contribution < 1.29 is 23.5 Å². The zero-order valence-electron chi connectivity index (χ0n) is 24.0. The van der Waals surface area contributed by atoms with Crippen LogP contribution in [0.2, 0.25) is 0 Å². The maximum absolute atomic E-state index is 14.3. The summed E-state index contributed by atoms with van der Waals surface area (Å²) in [6.07, 6.45) is 5.48. The Labute approximate surface area is 251 Å². The molecule has 44 heavy (non-hydrogen) atoms. The van der Waals surface area contributed by atoms with Gasteiger partial charge >= 0.3 is 0 Å². The highest BCUT2D eigenvalue weighted by Gasteiger charge is 2.39. The molecule has 1 aliphatic rings. The lowest BCUT2D eigenvalue weighted by atomic mass is 10.1. The summed E-state index contributed by atoms with van der Waals surface area (Å²) >= 11 is 0. The van der Waals surface area contributed by atoms with E-state index in [1.807, 2.05) is 42.8 Å². The van der Waals surface area contributed by atoms with Crippen LogP contribution in [0.5, 0.6) is 5.75 Å². The summed E-state index contributed by atoms with van der Waals surface area (Å²) in [5, 5.41) is 4.89. The minimum absolute atomic E-state index is 0.0295. The van der Waals surface area contributed by atoms with Crippen LogP contribution in [0.25, 0.3) is 27.6 Å². The topological polar surface area (TPSA) is 104 Å². The van der Waals surface area contributed by atoms with E-state index in [0.29, 0.717) is 24.2 Å². The molecule has 3 aromatic heterocycles. The van der Waals surface area contributed by atoms with Gasteiger partial charge in [-0.25, -0.2) is 23.9 Å². The van der Waals surface area contributed by atoms with Gasteiger partial charge in [0.05, 0.1) is 39.7 Å². The second-order valence-electron chi connectivity index (χ2n) is 10.5. The van der Waals surface area contributed by atoms with Gasteiger partial charge in [-0.05, 0) is 67.9 Å². The van der Waals surface area contributed by atoms with Gasteiger partial charge in [0, 0.05) is 30.0 Å². The molecule has 0 spiro atoms. The van der Waals surface area contributed by atoms with E-state index in [1.54, 1.807) is 47.5 Å². The maximum atomic E-state index is 14.3. The number of imide groups is 1. The number of imidazole rings is 1. The molecule has 1 unspecified atom stereocenters. The predicted molar refractivity (Wildman–Crippen MR) is 161 cm³/mol. The van der Waals surface area contributed by atoms with Crippen molar-refractivity contribution in [3.8, 4) is 11.4 Å². The number of fused-ring (bicyclic) bond motifs is 3. The number of hydrogen-bond acceptors (Lipinski definition) is 7. The normalized spacial score (nSPS) is 13.7. The number of halogens is 1. The smallest absolute Gasteiger partial charge is 0.267 e. The standard InChI is InChI=1S/C33H27FN6O4/c1-3-13-43-19-38-18-35-27-17-28(39-12-6-11-36-39)25(16-29(27)38)20(2)44-30-15-21-14-22(34)9-10-26(21)37-31(30)40-32(41)23-7-4-5-8-24(23)33(40)42/h4-12,14-18,20H,3,13,19H2,1-2H3. The van der Waals surface area contributed by atoms with Crippen LogP contribution in [0.15, 0.2) is 85.5 Å². The van der Waals surface area contributed by atoms with Gasteiger partial charge in [-0.3, -0.25) is 9.59 Å². The van der Waals surface area contributed by atoms with E-state index in [-0.39, 0.29) is 22.7 Å².